The minimum Gasteiger partial charge on any atom is -0.303 e. The van der Waals surface area contributed by atoms with E-state index >= 15 is 4.39 Å². The average Bonchev–Trinajstić information content (AvgIpc) is 3.31. The molecule has 4 aliphatic rings. The molecule has 0 aromatic rings. The third-order valence-electron chi connectivity index (χ3n) is 8.23. The summed E-state index contributed by atoms with van der Waals surface area (Å²) in [4.78, 5) is 7.37. The van der Waals surface area contributed by atoms with Crippen LogP contribution in [-0.4, -0.2) is 73.4 Å². The zero-order valence-corrected chi connectivity index (χ0v) is 20.1. The van der Waals surface area contributed by atoms with Crippen molar-refractivity contribution in [3.8, 4) is 0 Å². The molecule has 29 heavy (non-hydrogen) atoms. The Bertz CT molecular complexity index is 498. The van der Waals surface area contributed by atoms with Gasteiger partial charge in [-0.25, -0.2) is 4.39 Å². The number of likely N-dealkylation sites (N-methyl/N-ethyl adjacent to an activating group) is 1. The molecule has 0 aromatic heterocycles. The first-order valence-electron chi connectivity index (χ1n) is 12.6. The number of hydrogen-bond acceptors (Lipinski definition) is 3. The predicted molar refractivity (Wildman–Crippen MR) is 122 cm³/mol. The van der Waals surface area contributed by atoms with Crippen molar-refractivity contribution in [2.45, 2.75) is 91.2 Å². The summed E-state index contributed by atoms with van der Waals surface area (Å²) in [5.41, 5.74) is 0.188. The SMILES string of the molecule is CC.CC(C)CC1(CN2CCC3(CC2)CCC(F)(CN2CCN(C)C2)CC3)CC1. The molecule has 0 radical (unpaired) electrons. The van der Waals surface area contributed by atoms with Crippen LogP contribution < -0.4 is 0 Å². The number of hydrogen-bond donors (Lipinski definition) is 0. The summed E-state index contributed by atoms with van der Waals surface area (Å²) in [6.45, 7) is 16.3. The highest BCUT2D eigenvalue weighted by atomic mass is 19.1. The van der Waals surface area contributed by atoms with Gasteiger partial charge >= 0.3 is 0 Å². The molecule has 4 rings (SSSR count). The Labute approximate surface area is 180 Å². The molecule has 0 atom stereocenters. The van der Waals surface area contributed by atoms with Crippen molar-refractivity contribution < 1.29 is 4.39 Å². The van der Waals surface area contributed by atoms with Crippen molar-refractivity contribution in [2.75, 3.05) is 53.0 Å². The Kier molecular flexibility index (Phi) is 7.71. The smallest absolute Gasteiger partial charge is 0.123 e. The van der Waals surface area contributed by atoms with Gasteiger partial charge in [-0.15, -0.1) is 0 Å². The number of alkyl halides is 1. The van der Waals surface area contributed by atoms with E-state index in [4.69, 9.17) is 0 Å². The van der Waals surface area contributed by atoms with Crippen molar-refractivity contribution in [1.29, 1.82) is 0 Å². The van der Waals surface area contributed by atoms with Crippen molar-refractivity contribution in [1.82, 2.24) is 14.7 Å². The van der Waals surface area contributed by atoms with Crippen LogP contribution in [0.25, 0.3) is 0 Å². The van der Waals surface area contributed by atoms with Crippen LogP contribution in [0.4, 0.5) is 4.39 Å². The molecule has 2 heterocycles. The standard InChI is InChI=1S/C23H42FN3.C2H6/c1-20(2)16-22(4-5-22)17-26-12-10-21(11-13-26)6-8-23(24,9-7-21)18-27-15-14-25(3)19-27;1-2/h20H,4-19H2,1-3H3;1-2H3. The number of nitrogens with zero attached hydrogens (tertiary/aromatic N) is 3. The Morgan fingerprint density at radius 3 is 1.86 bits per heavy atom. The molecule has 0 aromatic carbocycles. The lowest BCUT2D eigenvalue weighted by atomic mass is 9.64. The van der Waals surface area contributed by atoms with Crippen LogP contribution in [0.1, 0.15) is 85.5 Å². The van der Waals surface area contributed by atoms with Gasteiger partial charge in [0.1, 0.15) is 5.67 Å². The van der Waals surface area contributed by atoms with E-state index in [2.05, 4.69) is 35.6 Å². The minimum atomic E-state index is -0.928. The van der Waals surface area contributed by atoms with Crippen LogP contribution in [0, 0.1) is 16.7 Å². The number of piperidine rings is 1. The zero-order valence-electron chi connectivity index (χ0n) is 20.1. The van der Waals surface area contributed by atoms with Gasteiger partial charge in [-0.3, -0.25) is 9.80 Å². The molecule has 2 saturated heterocycles. The van der Waals surface area contributed by atoms with Gasteiger partial charge in [0.2, 0.25) is 0 Å². The minimum absolute atomic E-state index is 0.461. The van der Waals surface area contributed by atoms with Crippen LogP contribution in [0.15, 0.2) is 0 Å². The fraction of sp³-hybridized carbons (Fsp3) is 1.00. The molecule has 0 N–H and O–H groups in total. The molecule has 0 bridgehead atoms. The van der Waals surface area contributed by atoms with E-state index in [9.17, 15) is 0 Å². The largest absolute Gasteiger partial charge is 0.303 e. The van der Waals surface area contributed by atoms with Gasteiger partial charge < -0.3 is 4.90 Å². The van der Waals surface area contributed by atoms with Gasteiger partial charge in [0.05, 0.1) is 6.67 Å². The number of likely N-dealkylation sites (tertiary alicyclic amines) is 1. The summed E-state index contributed by atoms with van der Waals surface area (Å²) in [5.74, 6) is 0.829. The third-order valence-corrected chi connectivity index (χ3v) is 8.23. The number of rotatable bonds is 6. The molecular weight excluding hydrogens is 361 g/mol. The Balaban J connectivity index is 0.00000117. The summed E-state index contributed by atoms with van der Waals surface area (Å²) in [5, 5.41) is 0. The lowest BCUT2D eigenvalue weighted by molar-refractivity contribution is -0.0189. The quantitative estimate of drug-likeness (QED) is 0.581. The first kappa shape index (κ1) is 23.5. The molecule has 0 amide bonds. The molecule has 3 nitrogen and oxygen atoms in total. The summed E-state index contributed by atoms with van der Waals surface area (Å²) in [7, 11) is 2.14. The predicted octanol–water partition coefficient (Wildman–Crippen LogP) is 5.41. The molecule has 4 heteroatoms. The highest BCUT2D eigenvalue weighted by molar-refractivity contribution is 5.00. The summed E-state index contributed by atoms with van der Waals surface area (Å²) in [6, 6.07) is 0. The molecule has 4 fully saturated rings. The van der Waals surface area contributed by atoms with E-state index in [1.165, 1.54) is 51.7 Å². The molecule has 2 saturated carbocycles. The highest BCUT2D eigenvalue weighted by Crippen LogP contribution is 2.53. The van der Waals surface area contributed by atoms with Gasteiger partial charge in [0.25, 0.3) is 0 Å². The average molecular weight is 410 g/mol. The first-order valence-corrected chi connectivity index (χ1v) is 12.6. The normalized spacial score (nSPS) is 29.1. The molecular formula is C25H48FN3. The van der Waals surface area contributed by atoms with E-state index in [1.807, 2.05) is 13.8 Å². The second-order valence-corrected chi connectivity index (χ2v) is 11.3. The van der Waals surface area contributed by atoms with E-state index in [0.29, 0.717) is 17.4 Å². The van der Waals surface area contributed by atoms with E-state index in [-0.39, 0.29) is 0 Å². The van der Waals surface area contributed by atoms with Gasteiger partial charge in [0.15, 0.2) is 0 Å². The topological polar surface area (TPSA) is 9.72 Å². The fourth-order valence-electron chi connectivity index (χ4n) is 6.34. The molecule has 170 valence electrons. The second-order valence-electron chi connectivity index (χ2n) is 11.3. The first-order chi connectivity index (χ1) is 13.8. The lowest BCUT2D eigenvalue weighted by Crippen LogP contribution is -2.48. The van der Waals surface area contributed by atoms with Crippen LogP contribution >= 0.6 is 0 Å². The number of halogens is 1. The maximum atomic E-state index is 15.4. The van der Waals surface area contributed by atoms with E-state index in [0.717, 1.165) is 51.4 Å². The van der Waals surface area contributed by atoms with E-state index in [1.54, 1.807) is 0 Å². The summed E-state index contributed by atoms with van der Waals surface area (Å²) in [6.07, 6.45) is 10.8. The summed E-state index contributed by atoms with van der Waals surface area (Å²) < 4.78 is 15.4. The molecule has 0 unspecified atom stereocenters. The Morgan fingerprint density at radius 1 is 0.759 bits per heavy atom. The molecule has 2 aliphatic carbocycles. The van der Waals surface area contributed by atoms with Crippen LogP contribution in [0.3, 0.4) is 0 Å². The van der Waals surface area contributed by atoms with Crippen molar-refractivity contribution in [2.24, 2.45) is 16.7 Å². The van der Waals surface area contributed by atoms with Crippen LogP contribution in [-0.2, 0) is 0 Å². The van der Waals surface area contributed by atoms with Crippen molar-refractivity contribution in [3.63, 3.8) is 0 Å². The lowest BCUT2D eigenvalue weighted by Gasteiger charge is -2.48. The van der Waals surface area contributed by atoms with Gasteiger partial charge in [-0.2, -0.15) is 0 Å². The van der Waals surface area contributed by atoms with Gasteiger partial charge in [0, 0.05) is 26.2 Å². The van der Waals surface area contributed by atoms with Crippen molar-refractivity contribution >= 4 is 0 Å². The van der Waals surface area contributed by atoms with Crippen LogP contribution in [0.5, 0.6) is 0 Å². The molecule has 2 aliphatic heterocycles. The highest BCUT2D eigenvalue weighted by Gasteiger charge is 2.48. The second kappa shape index (κ2) is 9.53. The van der Waals surface area contributed by atoms with Gasteiger partial charge in [-0.05, 0) is 94.7 Å². The third kappa shape index (κ3) is 6.17. The maximum Gasteiger partial charge on any atom is 0.123 e. The van der Waals surface area contributed by atoms with Crippen molar-refractivity contribution in [3.05, 3.63) is 0 Å². The Morgan fingerprint density at radius 2 is 1.38 bits per heavy atom. The Hall–Kier alpha value is -0.190. The fourth-order valence-corrected chi connectivity index (χ4v) is 6.34. The monoisotopic (exact) mass is 409 g/mol. The summed E-state index contributed by atoms with van der Waals surface area (Å²) >= 11 is 0. The maximum absolute atomic E-state index is 15.4. The van der Waals surface area contributed by atoms with E-state index < -0.39 is 5.67 Å². The molecule has 1 spiro atoms. The zero-order chi connectivity index (χ0) is 21.1. The van der Waals surface area contributed by atoms with Gasteiger partial charge in [-0.1, -0.05) is 27.7 Å². The van der Waals surface area contributed by atoms with Crippen LogP contribution in [0.2, 0.25) is 0 Å².